The number of amides is 1. The van der Waals surface area contributed by atoms with Crippen LogP contribution in [0.2, 0.25) is 0 Å². The first-order valence-electron chi connectivity index (χ1n) is 14.2. The zero-order valence-corrected chi connectivity index (χ0v) is 23.0. The Kier molecular flexibility index (Phi) is 6.57. The standard InChI is InChI=1S/C32H31N7O2/c1-38-19-35-37-31(38)28-12-20(16-33)3-7-26(28)24-14-29(22-5-6-22)36-30(15-24)39-18-23-4-2-21(13-27(23)32(39)40)17-34-25-8-10-41-11-9-25/h2-4,7,12-15,19,22,25,34H,5-6,8-11,17-18H2,1H3. The van der Waals surface area contributed by atoms with E-state index in [0.717, 1.165) is 84.5 Å². The van der Waals surface area contributed by atoms with Gasteiger partial charge in [0.1, 0.15) is 12.1 Å². The largest absolute Gasteiger partial charge is 0.381 e. The molecule has 2 aromatic carbocycles. The van der Waals surface area contributed by atoms with Gasteiger partial charge in [-0.2, -0.15) is 5.26 Å². The van der Waals surface area contributed by atoms with Crippen LogP contribution in [0.25, 0.3) is 22.5 Å². The second kappa shape index (κ2) is 10.5. The van der Waals surface area contributed by atoms with E-state index in [-0.39, 0.29) is 5.91 Å². The SMILES string of the molecule is Cn1cnnc1-c1cc(C#N)ccc1-c1cc(C2CC2)nc(N2Cc3ccc(CNC4CCOCC4)cc3C2=O)c1. The minimum atomic E-state index is -0.0207. The number of nitrogens with one attached hydrogen (secondary N) is 1. The molecule has 9 nitrogen and oxygen atoms in total. The molecule has 1 saturated carbocycles. The minimum Gasteiger partial charge on any atom is -0.381 e. The number of aromatic nitrogens is 4. The molecule has 0 unspecified atom stereocenters. The molecule has 0 bridgehead atoms. The lowest BCUT2D eigenvalue weighted by Crippen LogP contribution is -2.34. The lowest BCUT2D eigenvalue weighted by Gasteiger charge is -2.23. The maximum atomic E-state index is 13.8. The summed E-state index contributed by atoms with van der Waals surface area (Å²) in [6, 6.07) is 18.6. The maximum Gasteiger partial charge on any atom is 0.260 e. The van der Waals surface area contributed by atoms with Gasteiger partial charge in [0.2, 0.25) is 0 Å². The number of fused-ring (bicyclic) bond motifs is 1. The van der Waals surface area contributed by atoms with Crippen LogP contribution in [-0.2, 0) is 24.9 Å². The minimum absolute atomic E-state index is 0.0207. The molecular weight excluding hydrogens is 514 g/mol. The number of carbonyl (C=O) groups is 1. The van der Waals surface area contributed by atoms with Crippen molar-refractivity contribution in [2.45, 2.75) is 50.7 Å². The second-order valence-electron chi connectivity index (χ2n) is 11.2. The molecule has 0 spiro atoms. The number of aryl methyl sites for hydroxylation is 1. The summed E-state index contributed by atoms with van der Waals surface area (Å²) in [6.07, 6.45) is 5.87. The molecule has 4 aromatic rings. The molecule has 41 heavy (non-hydrogen) atoms. The Morgan fingerprint density at radius 3 is 2.63 bits per heavy atom. The smallest absolute Gasteiger partial charge is 0.260 e. The number of nitrogens with zero attached hydrogens (tertiary/aromatic N) is 6. The molecular formula is C32H31N7O2. The number of benzene rings is 2. The van der Waals surface area contributed by atoms with Crippen molar-refractivity contribution in [3.63, 3.8) is 0 Å². The van der Waals surface area contributed by atoms with Crippen molar-refractivity contribution in [2.75, 3.05) is 18.1 Å². The molecule has 2 fully saturated rings. The van der Waals surface area contributed by atoms with Crippen molar-refractivity contribution in [3.05, 3.63) is 82.8 Å². The number of rotatable bonds is 7. The Morgan fingerprint density at radius 1 is 1.02 bits per heavy atom. The van der Waals surface area contributed by atoms with E-state index in [0.29, 0.717) is 35.7 Å². The fourth-order valence-electron chi connectivity index (χ4n) is 5.80. The molecule has 1 saturated heterocycles. The van der Waals surface area contributed by atoms with Crippen LogP contribution in [0.3, 0.4) is 0 Å². The highest BCUT2D eigenvalue weighted by Crippen LogP contribution is 2.43. The number of hydrogen-bond acceptors (Lipinski definition) is 7. The molecule has 7 rings (SSSR count). The molecule has 0 atom stereocenters. The quantitative estimate of drug-likeness (QED) is 0.358. The van der Waals surface area contributed by atoms with Gasteiger partial charge in [-0.1, -0.05) is 18.2 Å². The van der Waals surface area contributed by atoms with Gasteiger partial charge in [0.05, 0.1) is 18.2 Å². The Hall–Kier alpha value is -4.39. The normalized spacial score (nSPS) is 17.1. The predicted molar refractivity (Wildman–Crippen MR) is 154 cm³/mol. The highest BCUT2D eigenvalue weighted by Gasteiger charge is 2.32. The van der Waals surface area contributed by atoms with Gasteiger partial charge in [-0.15, -0.1) is 10.2 Å². The third-order valence-electron chi connectivity index (χ3n) is 8.31. The van der Waals surface area contributed by atoms with Crippen LogP contribution in [-0.4, -0.2) is 44.9 Å². The monoisotopic (exact) mass is 545 g/mol. The molecule has 1 N–H and O–H groups in total. The van der Waals surface area contributed by atoms with Crippen LogP contribution in [0.15, 0.2) is 54.9 Å². The Morgan fingerprint density at radius 2 is 1.88 bits per heavy atom. The molecule has 1 aliphatic carbocycles. The van der Waals surface area contributed by atoms with E-state index in [1.165, 1.54) is 0 Å². The summed E-state index contributed by atoms with van der Waals surface area (Å²) in [7, 11) is 1.89. The van der Waals surface area contributed by atoms with Crippen LogP contribution >= 0.6 is 0 Å². The first-order chi connectivity index (χ1) is 20.1. The van der Waals surface area contributed by atoms with Crippen LogP contribution in [0.5, 0.6) is 0 Å². The number of ether oxygens (including phenoxy) is 1. The van der Waals surface area contributed by atoms with E-state index < -0.39 is 0 Å². The average molecular weight is 546 g/mol. The summed E-state index contributed by atoms with van der Waals surface area (Å²) in [5.41, 5.74) is 7.11. The van der Waals surface area contributed by atoms with Gasteiger partial charge in [-0.05, 0) is 78.3 Å². The molecule has 1 amide bonds. The lowest BCUT2D eigenvalue weighted by atomic mass is 9.96. The predicted octanol–water partition coefficient (Wildman–Crippen LogP) is 4.72. The Bertz CT molecular complexity index is 1680. The van der Waals surface area contributed by atoms with Gasteiger partial charge >= 0.3 is 0 Å². The first-order valence-corrected chi connectivity index (χ1v) is 14.2. The van der Waals surface area contributed by atoms with E-state index in [9.17, 15) is 10.1 Å². The van der Waals surface area contributed by atoms with Crippen LogP contribution < -0.4 is 10.2 Å². The number of carbonyl (C=O) groups excluding carboxylic acids is 1. The van der Waals surface area contributed by atoms with Crippen molar-refractivity contribution in [1.82, 2.24) is 25.1 Å². The molecule has 0 radical (unpaired) electrons. The highest BCUT2D eigenvalue weighted by molar-refractivity contribution is 6.10. The van der Waals surface area contributed by atoms with Gasteiger partial charge < -0.3 is 14.6 Å². The zero-order chi connectivity index (χ0) is 27.9. The first kappa shape index (κ1) is 25.6. The van der Waals surface area contributed by atoms with Gasteiger partial charge in [-0.25, -0.2) is 4.98 Å². The van der Waals surface area contributed by atoms with E-state index in [2.05, 4.69) is 39.8 Å². The van der Waals surface area contributed by atoms with Crippen LogP contribution in [0, 0.1) is 11.3 Å². The third-order valence-corrected chi connectivity index (χ3v) is 8.31. The van der Waals surface area contributed by atoms with Gasteiger partial charge in [0, 0.05) is 55.6 Å². The van der Waals surface area contributed by atoms with Crippen molar-refractivity contribution in [2.24, 2.45) is 7.05 Å². The van der Waals surface area contributed by atoms with Crippen LogP contribution in [0.4, 0.5) is 5.82 Å². The molecule has 206 valence electrons. The maximum absolute atomic E-state index is 13.8. The second-order valence-corrected chi connectivity index (χ2v) is 11.2. The molecule has 9 heteroatoms. The Balaban J connectivity index is 1.22. The zero-order valence-electron chi connectivity index (χ0n) is 23.0. The van der Waals surface area contributed by atoms with Crippen molar-refractivity contribution >= 4 is 11.7 Å². The van der Waals surface area contributed by atoms with E-state index >= 15 is 0 Å². The van der Waals surface area contributed by atoms with E-state index in [1.807, 2.05) is 41.9 Å². The summed E-state index contributed by atoms with van der Waals surface area (Å²) in [5.74, 6) is 1.71. The summed E-state index contributed by atoms with van der Waals surface area (Å²) in [4.78, 5) is 20.6. The van der Waals surface area contributed by atoms with Crippen LogP contribution in [0.1, 0.15) is 64.3 Å². The third kappa shape index (κ3) is 5.01. The highest BCUT2D eigenvalue weighted by atomic mass is 16.5. The van der Waals surface area contributed by atoms with E-state index in [1.54, 1.807) is 11.2 Å². The molecule has 2 aliphatic heterocycles. The number of nitriles is 1. The van der Waals surface area contributed by atoms with Crippen molar-refractivity contribution in [1.29, 1.82) is 5.26 Å². The lowest BCUT2D eigenvalue weighted by molar-refractivity contribution is 0.0776. The molecule has 4 heterocycles. The van der Waals surface area contributed by atoms with Gasteiger partial charge in [-0.3, -0.25) is 9.69 Å². The Labute approximate surface area is 238 Å². The van der Waals surface area contributed by atoms with Crippen molar-refractivity contribution in [3.8, 4) is 28.6 Å². The van der Waals surface area contributed by atoms with Crippen molar-refractivity contribution < 1.29 is 9.53 Å². The summed E-state index contributed by atoms with van der Waals surface area (Å²) in [5, 5.41) is 21.6. The molecule has 3 aliphatic rings. The van der Waals surface area contributed by atoms with E-state index in [4.69, 9.17) is 9.72 Å². The fraction of sp³-hybridized carbons (Fsp3) is 0.344. The topological polar surface area (TPSA) is 109 Å². The van der Waals surface area contributed by atoms with Gasteiger partial charge in [0.25, 0.3) is 5.91 Å². The number of hydrogen-bond donors (Lipinski definition) is 1. The molecule has 2 aromatic heterocycles. The summed E-state index contributed by atoms with van der Waals surface area (Å²) >= 11 is 0. The number of pyridine rings is 1. The number of anilines is 1. The fourth-order valence-corrected chi connectivity index (χ4v) is 5.80. The summed E-state index contributed by atoms with van der Waals surface area (Å²) < 4.78 is 7.31. The summed E-state index contributed by atoms with van der Waals surface area (Å²) in [6.45, 7) is 2.82. The average Bonchev–Trinajstić information content (AvgIpc) is 3.70. The van der Waals surface area contributed by atoms with Gasteiger partial charge in [0.15, 0.2) is 5.82 Å².